The van der Waals surface area contributed by atoms with Crippen molar-refractivity contribution < 1.29 is 0 Å². The van der Waals surface area contributed by atoms with Crippen LogP contribution in [0.15, 0.2) is 140 Å². The van der Waals surface area contributed by atoms with Crippen molar-refractivity contribution in [2.45, 2.75) is 19.3 Å². The molecule has 0 saturated carbocycles. The van der Waals surface area contributed by atoms with Crippen LogP contribution in [0, 0.1) is 0 Å². The van der Waals surface area contributed by atoms with Gasteiger partial charge in [-0.2, -0.15) is 0 Å². The Labute approximate surface area is 256 Å². The van der Waals surface area contributed by atoms with E-state index in [4.69, 9.17) is 9.97 Å². The number of para-hydroxylation sites is 1. The van der Waals surface area contributed by atoms with Gasteiger partial charge in [-0.05, 0) is 51.7 Å². The van der Waals surface area contributed by atoms with E-state index in [-0.39, 0.29) is 5.41 Å². The molecule has 0 amide bonds. The van der Waals surface area contributed by atoms with E-state index in [2.05, 4.69) is 158 Å². The molecule has 0 aliphatic heterocycles. The molecule has 0 N–H and O–H groups in total. The lowest BCUT2D eigenvalue weighted by Crippen LogP contribution is -2.18. The lowest BCUT2D eigenvalue weighted by Gasteiger charge is -2.24. The molecule has 0 saturated heterocycles. The molecule has 1 aliphatic carbocycles. The molecule has 2 aromatic heterocycles. The Hall–Kier alpha value is -5.54. The van der Waals surface area contributed by atoms with Crippen molar-refractivity contribution in [2.75, 3.05) is 0 Å². The van der Waals surface area contributed by atoms with Crippen LogP contribution in [0.4, 0.5) is 0 Å². The SMILES string of the molecule is CC1(C)c2cc(-c3ccccc3)ccc2-c2nc(-n3c4ccccc4c4cc5ccccc5cc43)nc(-c3ccccc3)c21. The van der Waals surface area contributed by atoms with E-state index in [1.807, 2.05) is 0 Å². The number of aromatic nitrogens is 3. The summed E-state index contributed by atoms with van der Waals surface area (Å²) in [6.45, 7) is 4.63. The van der Waals surface area contributed by atoms with Gasteiger partial charge in [-0.3, -0.25) is 4.57 Å². The number of fused-ring (bicyclic) bond motifs is 7. The van der Waals surface area contributed by atoms with Crippen LogP contribution in [0.1, 0.15) is 25.0 Å². The lowest BCUT2D eigenvalue weighted by atomic mass is 9.80. The van der Waals surface area contributed by atoms with Gasteiger partial charge in [-0.15, -0.1) is 0 Å². The maximum Gasteiger partial charge on any atom is 0.235 e. The van der Waals surface area contributed by atoms with E-state index in [9.17, 15) is 0 Å². The van der Waals surface area contributed by atoms with Gasteiger partial charge in [-0.1, -0.05) is 129 Å². The van der Waals surface area contributed by atoms with Crippen molar-refractivity contribution in [1.29, 1.82) is 0 Å². The highest BCUT2D eigenvalue weighted by Crippen LogP contribution is 2.52. The summed E-state index contributed by atoms with van der Waals surface area (Å²) in [5, 5.41) is 4.84. The first-order valence-electron chi connectivity index (χ1n) is 15.2. The fraction of sp³-hybridized carbons (Fsp3) is 0.0732. The summed E-state index contributed by atoms with van der Waals surface area (Å²) in [5.41, 5.74) is 11.1. The Bertz CT molecular complexity index is 2400. The Morgan fingerprint density at radius 3 is 1.91 bits per heavy atom. The summed E-state index contributed by atoms with van der Waals surface area (Å²) in [7, 11) is 0. The summed E-state index contributed by atoms with van der Waals surface area (Å²) in [6.07, 6.45) is 0. The van der Waals surface area contributed by atoms with Crippen LogP contribution in [0.5, 0.6) is 0 Å². The molecule has 0 atom stereocenters. The van der Waals surface area contributed by atoms with Crippen LogP contribution in [0.2, 0.25) is 0 Å². The minimum atomic E-state index is -0.282. The molecule has 0 fully saturated rings. The van der Waals surface area contributed by atoms with Gasteiger partial charge in [0.1, 0.15) is 0 Å². The van der Waals surface area contributed by atoms with Crippen LogP contribution < -0.4 is 0 Å². The fourth-order valence-electron chi connectivity index (χ4n) is 7.22. The third-order valence-corrected chi connectivity index (χ3v) is 9.36. The van der Waals surface area contributed by atoms with Gasteiger partial charge in [0.25, 0.3) is 0 Å². The Morgan fingerprint density at radius 2 is 1.14 bits per heavy atom. The average molecular weight is 564 g/mol. The van der Waals surface area contributed by atoms with Crippen LogP contribution >= 0.6 is 0 Å². The largest absolute Gasteiger partial charge is 0.278 e. The molecule has 0 bridgehead atoms. The second kappa shape index (κ2) is 9.23. The Balaban J connectivity index is 1.37. The van der Waals surface area contributed by atoms with E-state index in [0.717, 1.165) is 28.0 Å². The molecule has 2 heterocycles. The van der Waals surface area contributed by atoms with E-state index >= 15 is 0 Å². The smallest absolute Gasteiger partial charge is 0.235 e. The summed E-state index contributed by atoms with van der Waals surface area (Å²) in [5.74, 6) is 0.694. The van der Waals surface area contributed by atoms with Gasteiger partial charge in [0, 0.05) is 32.9 Å². The predicted molar refractivity (Wildman–Crippen MR) is 182 cm³/mol. The first-order chi connectivity index (χ1) is 21.6. The van der Waals surface area contributed by atoms with Crippen molar-refractivity contribution in [2.24, 2.45) is 0 Å². The summed E-state index contributed by atoms with van der Waals surface area (Å²) >= 11 is 0. The van der Waals surface area contributed by atoms with Crippen molar-refractivity contribution in [3.8, 4) is 39.6 Å². The van der Waals surface area contributed by atoms with Crippen LogP contribution in [-0.2, 0) is 5.41 Å². The lowest BCUT2D eigenvalue weighted by molar-refractivity contribution is 0.657. The predicted octanol–water partition coefficient (Wildman–Crippen LogP) is 10.4. The van der Waals surface area contributed by atoms with Gasteiger partial charge in [0.05, 0.1) is 22.4 Å². The minimum absolute atomic E-state index is 0.282. The molecule has 8 aromatic rings. The molecule has 9 rings (SSSR count). The summed E-state index contributed by atoms with van der Waals surface area (Å²) in [4.78, 5) is 10.9. The van der Waals surface area contributed by atoms with E-state index < -0.39 is 0 Å². The number of benzene rings is 6. The quantitative estimate of drug-likeness (QED) is 0.214. The highest BCUT2D eigenvalue weighted by atomic mass is 15.2. The van der Waals surface area contributed by atoms with Crippen molar-refractivity contribution in [3.05, 3.63) is 151 Å². The van der Waals surface area contributed by atoms with Crippen molar-refractivity contribution in [3.63, 3.8) is 0 Å². The number of nitrogens with zero attached hydrogens (tertiary/aromatic N) is 3. The first kappa shape index (κ1) is 25.0. The normalized spacial score (nSPS) is 13.4. The molecule has 6 aromatic carbocycles. The topological polar surface area (TPSA) is 30.7 Å². The third-order valence-electron chi connectivity index (χ3n) is 9.36. The van der Waals surface area contributed by atoms with Gasteiger partial charge in [0.2, 0.25) is 5.95 Å². The van der Waals surface area contributed by atoms with E-state index in [1.165, 1.54) is 49.4 Å². The molecule has 0 unspecified atom stereocenters. The maximum atomic E-state index is 5.45. The highest BCUT2D eigenvalue weighted by Gasteiger charge is 2.40. The zero-order valence-electron chi connectivity index (χ0n) is 24.6. The van der Waals surface area contributed by atoms with E-state index in [1.54, 1.807) is 0 Å². The standard InChI is InChI=1S/C41H29N3/c1-41(2)34-24-30(26-13-5-3-6-14-26)21-22-32(34)39-37(41)38(27-15-7-4-8-16-27)42-40(43-39)44-35-20-12-11-19-31(35)33-23-28-17-9-10-18-29(28)25-36(33)44/h3-25H,1-2H3. The van der Waals surface area contributed by atoms with Crippen molar-refractivity contribution in [1.82, 2.24) is 14.5 Å². The molecule has 44 heavy (non-hydrogen) atoms. The average Bonchev–Trinajstić information content (AvgIpc) is 3.51. The number of hydrogen-bond donors (Lipinski definition) is 0. The van der Waals surface area contributed by atoms with Crippen LogP contribution in [0.25, 0.3) is 72.2 Å². The molecule has 3 heteroatoms. The zero-order valence-corrected chi connectivity index (χ0v) is 24.6. The number of hydrogen-bond acceptors (Lipinski definition) is 2. The third kappa shape index (κ3) is 3.56. The second-order valence-corrected chi connectivity index (χ2v) is 12.3. The van der Waals surface area contributed by atoms with Gasteiger partial charge < -0.3 is 0 Å². The zero-order chi connectivity index (χ0) is 29.4. The second-order valence-electron chi connectivity index (χ2n) is 12.3. The summed E-state index contributed by atoms with van der Waals surface area (Å²) in [6, 6.07) is 49.8. The molecular weight excluding hydrogens is 534 g/mol. The van der Waals surface area contributed by atoms with Crippen LogP contribution in [-0.4, -0.2) is 14.5 Å². The van der Waals surface area contributed by atoms with Gasteiger partial charge in [0.15, 0.2) is 0 Å². The Morgan fingerprint density at radius 1 is 0.500 bits per heavy atom. The van der Waals surface area contributed by atoms with Crippen LogP contribution in [0.3, 0.4) is 0 Å². The fourth-order valence-corrected chi connectivity index (χ4v) is 7.22. The highest BCUT2D eigenvalue weighted by molar-refractivity contribution is 6.13. The molecule has 0 spiro atoms. The van der Waals surface area contributed by atoms with E-state index in [0.29, 0.717) is 5.95 Å². The monoisotopic (exact) mass is 563 g/mol. The minimum Gasteiger partial charge on any atom is -0.278 e. The molecule has 3 nitrogen and oxygen atoms in total. The molecular formula is C41H29N3. The molecule has 1 aliphatic rings. The number of rotatable bonds is 3. The van der Waals surface area contributed by atoms with Crippen molar-refractivity contribution >= 4 is 32.6 Å². The van der Waals surface area contributed by atoms with Gasteiger partial charge >= 0.3 is 0 Å². The maximum absolute atomic E-state index is 5.45. The van der Waals surface area contributed by atoms with Gasteiger partial charge in [-0.25, -0.2) is 9.97 Å². The molecule has 0 radical (unpaired) electrons. The molecule has 208 valence electrons. The Kier molecular flexibility index (Phi) is 5.24. The summed E-state index contributed by atoms with van der Waals surface area (Å²) < 4.78 is 2.26. The first-order valence-corrected chi connectivity index (χ1v) is 15.2.